The van der Waals surface area contributed by atoms with Gasteiger partial charge in [0.1, 0.15) is 11.5 Å². The van der Waals surface area contributed by atoms with Crippen molar-refractivity contribution in [3.63, 3.8) is 0 Å². The maximum Gasteiger partial charge on any atom is 0.266 e. The molecule has 30 heavy (non-hydrogen) atoms. The van der Waals surface area contributed by atoms with E-state index in [9.17, 15) is 9.59 Å². The van der Waals surface area contributed by atoms with Gasteiger partial charge in [0.15, 0.2) is 6.61 Å². The van der Waals surface area contributed by atoms with Gasteiger partial charge in [-0.2, -0.15) is 5.10 Å². The lowest BCUT2D eigenvalue weighted by atomic mass is 10.1. The minimum atomic E-state index is -0.291. The lowest BCUT2D eigenvalue weighted by molar-refractivity contribution is -0.123. The highest BCUT2D eigenvalue weighted by molar-refractivity contribution is 6.30. The third kappa shape index (κ3) is 6.09. The number of ether oxygens (including phenoxy) is 2. The quantitative estimate of drug-likeness (QED) is 0.567. The highest BCUT2D eigenvalue weighted by atomic mass is 35.5. The van der Waals surface area contributed by atoms with Crippen LogP contribution >= 0.6 is 11.6 Å². The number of hydrogen-bond donors (Lipinski definition) is 1. The van der Waals surface area contributed by atoms with Crippen molar-refractivity contribution in [1.82, 2.24) is 15.1 Å². The Morgan fingerprint density at radius 1 is 1.00 bits per heavy atom. The predicted octanol–water partition coefficient (Wildman–Crippen LogP) is 3.16. The Morgan fingerprint density at radius 2 is 1.67 bits per heavy atom. The number of halogens is 1. The number of nitrogens with one attached hydrogen (secondary N) is 1. The van der Waals surface area contributed by atoms with Crippen molar-refractivity contribution in [3.8, 4) is 22.8 Å². The molecule has 0 saturated carbocycles. The van der Waals surface area contributed by atoms with E-state index < -0.39 is 0 Å². The molecule has 0 bridgehead atoms. The lowest BCUT2D eigenvalue weighted by Crippen LogP contribution is -2.34. The van der Waals surface area contributed by atoms with Crippen molar-refractivity contribution < 1.29 is 14.3 Å². The van der Waals surface area contributed by atoms with E-state index in [1.807, 2.05) is 31.2 Å². The van der Waals surface area contributed by atoms with Crippen molar-refractivity contribution in [1.29, 1.82) is 0 Å². The smallest absolute Gasteiger partial charge is 0.266 e. The summed E-state index contributed by atoms with van der Waals surface area (Å²) >= 11 is 5.81. The number of rotatable bonds is 9. The second kappa shape index (κ2) is 10.5. The van der Waals surface area contributed by atoms with Gasteiger partial charge in [-0.05, 0) is 61.5 Å². The first-order valence-electron chi connectivity index (χ1n) is 9.51. The first-order valence-corrected chi connectivity index (χ1v) is 9.89. The maximum atomic E-state index is 12.1. The molecule has 0 saturated heterocycles. The molecule has 2 aromatic carbocycles. The third-order valence-electron chi connectivity index (χ3n) is 4.16. The van der Waals surface area contributed by atoms with Gasteiger partial charge in [-0.1, -0.05) is 11.6 Å². The molecule has 0 fully saturated rings. The van der Waals surface area contributed by atoms with Gasteiger partial charge in [-0.3, -0.25) is 9.59 Å². The van der Waals surface area contributed by atoms with E-state index in [0.717, 1.165) is 11.3 Å². The van der Waals surface area contributed by atoms with E-state index in [0.29, 0.717) is 23.1 Å². The van der Waals surface area contributed by atoms with Crippen molar-refractivity contribution in [2.45, 2.75) is 13.5 Å². The average Bonchev–Trinajstić information content (AvgIpc) is 2.75. The Morgan fingerprint density at radius 3 is 2.37 bits per heavy atom. The summed E-state index contributed by atoms with van der Waals surface area (Å²) in [5.41, 5.74) is 1.29. The van der Waals surface area contributed by atoms with E-state index in [4.69, 9.17) is 21.1 Å². The largest absolute Gasteiger partial charge is 0.494 e. The molecule has 8 heteroatoms. The number of amides is 1. The van der Waals surface area contributed by atoms with Gasteiger partial charge >= 0.3 is 0 Å². The summed E-state index contributed by atoms with van der Waals surface area (Å²) < 4.78 is 12.2. The summed E-state index contributed by atoms with van der Waals surface area (Å²) in [6.07, 6.45) is 0. The van der Waals surface area contributed by atoms with Crippen molar-refractivity contribution in [2.75, 3.05) is 19.8 Å². The topological polar surface area (TPSA) is 82.5 Å². The predicted molar refractivity (Wildman–Crippen MR) is 115 cm³/mol. The SMILES string of the molecule is CCOc1ccc(-c2ccc(=O)n(CCNC(=O)COc3ccc(Cl)cc3)n2)cc1. The summed E-state index contributed by atoms with van der Waals surface area (Å²) in [6, 6.07) is 17.4. The number of carbonyl (C=O) groups is 1. The van der Waals surface area contributed by atoms with Gasteiger partial charge in [0, 0.05) is 23.2 Å². The molecule has 0 aliphatic rings. The number of nitrogens with zero attached hydrogens (tertiary/aromatic N) is 2. The Labute approximate surface area is 179 Å². The molecule has 3 aromatic rings. The monoisotopic (exact) mass is 427 g/mol. The Bertz CT molecular complexity index is 1030. The Balaban J connectivity index is 1.53. The molecular weight excluding hydrogens is 406 g/mol. The van der Waals surface area contributed by atoms with Gasteiger partial charge in [0.2, 0.25) is 0 Å². The Hall–Kier alpha value is -3.32. The van der Waals surface area contributed by atoms with Crippen LogP contribution in [0.2, 0.25) is 5.02 Å². The molecule has 1 heterocycles. The van der Waals surface area contributed by atoms with E-state index in [2.05, 4.69) is 10.4 Å². The van der Waals surface area contributed by atoms with Crippen LogP contribution in [0.1, 0.15) is 6.92 Å². The lowest BCUT2D eigenvalue weighted by Gasteiger charge is -2.10. The minimum absolute atomic E-state index is 0.129. The molecule has 7 nitrogen and oxygen atoms in total. The standard InChI is InChI=1S/C22H22ClN3O4/c1-2-29-18-7-3-16(4-8-18)20-11-12-22(28)26(25-20)14-13-24-21(27)15-30-19-9-5-17(23)6-10-19/h3-12H,2,13-15H2,1H3,(H,24,27). The molecule has 156 valence electrons. The second-order valence-electron chi connectivity index (χ2n) is 6.33. The fraction of sp³-hybridized carbons (Fsp3) is 0.227. The first kappa shape index (κ1) is 21.4. The zero-order chi connectivity index (χ0) is 21.3. The summed E-state index contributed by atoms with van der Waals surface area (Å²) in [7, 11) is 0. The summed E-state index contributed by atoms with van der Waals surface area (Å²) in [6.45, 7) is 2.89. The number of aromatic nitrogens is 2. The van der Waals surface area contributed by atoms with Crippen molar-refractivity contribution in [2.24, 2.45) is 0 Å². The van der Waals surface area contributed by atoms with Crippen LogP contribution in [-0.2, 0) is 11.3 Å². The van der Waals surface area contributed by atoms with Gasteiger partial charge in [0.25, 0.3) is 11.5 Å². The average molecular weight is 428 g/mol. The van der Waals surface area contributed by atoms with Crippen LogP contribution in [0.3, 0.4) is 0 Å². The Kier molecular flexibility index (Phi) is 7.45. The van der Waals surface area contributed by atoms with Crippen LogP contribution in [-0.4, -0.2) is 35.4 Å². The number of carbonyl (C=O) groups excluding carboxylic acids is 1. The molecule has 3 rings (SSSR count). The zero-order valence-electron chi connectivity index (χ0n) is 16.5. The fourth-order valence-corrected chi connectivity index (χ4v) is 2.81. The highest BCUT2D eigenvalue weighted by Gasteiger charge is 2.06. The second-order valence-corrected chi connectivity index (χ2v) is 6.77. The summed E-state index contributed by atoms with van der Waals surface area (Å²) in [5.74, 6) is 1.04. The van der Waals surface area contributed by atoms with E-state index in [1.54, 1.807) is 30.3 Å². The molecule has 0 radical (unpaired) electrons. The summed E-state index contributed by atoms with van der Waals surface area (Å²) in [5, 5.41) is 7.69. The van der Waals surface area contributed by atoms with Crippen LogP contribution in [0.4, 0.5) is 0 Å². The van der Waals surface area contributed by atoms with Gasteiger partial charge in [-0.15, -0.1) is 0 Å². The fourth-order valence-electron chi connectivity index (χ4n) is 2.68. The summed E-state index contributed by atoms with van der Waals surface area (Å²) in [4.78, 5) is 24.0. The van der Waals surface area contributed by atoms with E-state index in [1.165, 1.54) is 10.7 Å². The molecule has 1 aromatic heterocycles. The normalized spacial score (nSPS) is 10.5. The highest BCUT2D eigenvalue weighted by Crippen LogP contribution is 2.20. The number of hydrogen-bond acceptors (Lipinski definition) is 5. The van der Waals surface area contributed by atoms with Crippen LogP contribution in [0.15, 0.2) is 65.5 Å². The van der Waals surface area contributed by atoms with Crippen LogP contribution in [0.25, 0.3) is 11.3 Å². The maximum absolute atomic E-state index is 12.1. The van der Waals surface area contributed by atoms with Crippen LogP contribution < -0.4 is 20.3 Å². The molecule has 1 amide bonds. The zero-order valence-corrected chi connectivity index (χ0v) is 17.3. The molecular formula is C22H22ClN3O4. The van der Waals surface area contributed by atoms with Crippen LogP contribution in [0, 0.1) is 0 Å². The van der Waals surface area contributed by atoms with E-state index >= 15 is 0 Å². The molecule has 0 unspecified atom stereocenters. The number of benzene rings is 2. The van der Waals surface area contributed by atoms with Crippen LogP contribution in [0.5, 0.6) is 11.5 Å². The molecule has 0 spiro atoms. The van der Waals surface area contributed by atoms with Crippen molar-refractivity contribution in [3.05, 3.63) is 76.0 Å². The van der Waals surface area contributed by atoms with Gasteiger partial charge in [0.05, 0.1) is 18.8 Å². The van der Waals surface area contributed by atoms with E-state index in [-0.39, 0.29) is 31.2 Å². The minimum Gasteiger partial charge on any atom is -0.494 e. The first-order chi connectivity index (χ1) is 14.5. The third-order valence-corrected chi connectivity index (χ3v) is 4.41. The molecule has 0 aliphatic carbocycles. The van der Waals surface area contributed by atoms with Gasteiger partial charge < -0.3 is 14.8 Å². The van der Waals surface area contributed by atoms with Crippen molar-refractivity contribution >= 4 is 17.5 Å². The molecule has 1 N–H and O–H groups in total. The molecule has 0 aliphatic heterocycles. The molecule has 0 atom stereocenters. The van der Waals surface area contributed by atoms with Gasteiger partial charge in [-0.25, -0.2) is 4.68 Å².